The molecule has 0 bridgehead atoms. The van der Waals surface area contributed by atoms with Crippen LogP contribution >= 0.6 is 0 Å². The summed E-state index contributed by atoms with van der Waals surface area (Å²) in [5.41, 5.74) is 9.15. The zero-order valence-electron chi connectivity index (χ0n) is 50.9. The van der Waals surface area contributed by atoms with Crippen molar-refractivity contribution in [3.63, 3.8) is 0 Å². The number of fused-ring (bicyclic) bond motifs is 4. The second kappa shape index (κ2) is 21.4. The van der Waals surface area contributed by atoms with Crippen molar-refractivity contribution in [2.45, 2.75) is 52.4 Å². The first-order chi connectivity index (χ1) is 41.0. The molecule has 3 aromatic heterocycles. The summed E-state index contributed by atoms with van der Waals surface area (Å²) in [6, 6.07) is 81.8. The third-order valence-electron chi connectivity index (χ3n) is 15.4. The number of nitrogens with zero attached hydrogens (tertiary/aromatic N) is 4. The molecule has 0 fully saturated rings. The molecule has 13 rings (SSSR count). The molecule has 0 atom stereocenters. The minimum atomic E-state index is -2.95. The van der Waals surface area contributed by atoms with Crippen molar-refractivity contribution in [1.29, 1.82) is 0 Å². The third-order valence-corrected chi connectivity index (χ3v) is 20.1. The number of hydrogen-bond acceptors (Lipinski definition) is 2. The normalized spacial score (nSPS) is 12.8. The number of benzene rings is 10. The molecule has 0 unspecified atom stereocenters. The van der Waals surface area contributed by atoms with Crippen molar-refractivity contribution in [3.05, 3.63) is 284 Å². The molecule has 7 heteroatoms. The summed E-state index contributed by atoms with van der Waals surface area (Å²) in [5, 5.41) is 7.15. The Hall–Kier alpha value is -8.67. The monoisotopic (exact) mass is 1250 g/mol. The van der Waals surface area contributed by atoms with Gasteiger partial charge in [-0.05, 0) is 100 Å². The average Bonchev–Trinajstić information content (AvgIpc) is 3.86. The van der Waals surface area contributed by atoms with E-state index in [4.69, 9.17) is 16.6 Å². The Morgan fingerprint density at radius 2 is 1.16 bits per heavy atom. The Balaban J connectivity index is 0.00000724. The first-order valence-corrected chi connectivity index (χ1v) is 29.1. The number of para-hydroxylation sites is 2. The van der Waals surface area contributed by atoms with Gasteiger partial charge in [0.1, 0.15) is 5.82 Å². The summed E-state index contributed by atoms with van der Waals surface area (Å²) in [5.74, 6) is 1.71. The second-order valence-electron chi connectivity index (χ2n) is 22.4. The fourth-order valence-corrected chi connectivity index (χ4v) is 16.3. The molecule has 0 N–H and O–H groups in total. The number of hydrogen-bond donors (Lipinski definition) is 0. The Kier molecular flexibility index (Phi) is 12.5. The smallest absolute Gasteiger partial charge is 0.268 e. The summed E-state index contributed by atoms with van der Waals surface area (Å²) in [4.78, 5) is 4.88. The van der Waals surface area contributed by atoms with E-state index in [0.29, 0.717) is 28.3 Å². The first-order valence-electron chi connectivity index (χ1n) is 29.6. The largest absolute Gasteiger partial charge is 0.510 e. The zero-order valence-corrected chi connectivity index (χ0v) is 49.1. The summed E-state index contributed by atoms with van der Waals surface area (Å²) in [7, 11) is -2.95. The van der Waals surface area contributed by atoms with Crippen molar-refractivity contribution in [3.8, 4) is 50.9 Å². The van der Waals surface area contributed by atoms with E-state index in [1.807, 2.05) is 65.4 Å². The van der Waals surface area contributed by atoms with Gasteiger partial charge < -0.3 is 13.9 Å². The maximum atomic E-state index is 9.08. The summed E-state index contributed by atoms with van der Waals surface area (Å²) >= 11 is 0. The topological polar surface area (TPSA) is 35.9 Å². The van der Waals surface area contributed by atoms with E-state index in [2.05, 4.69) is 233 Å². The molecule has 0 radical (unpaired) electrons. The standard InChI is InChI=1S/C74H60N4OSi.Pt/c1-73(2,3)55-44-45-75-71(48-55)78-67-39-20-19-36-64(67)65-42-41-58(50-69(65)78)79-57-28-22-27-56(49-57)76-51-77(68-43-40-53(47-70(68)76)52-24-11-7-12-25-52)72-63(37-23-38-66(72)74(4,5)6)54-26-21-35-62(46-54)80(59-29-13-8-14-30-59,60-31-15-9-16-32-60)61-33-17-10-18-34-61;/h7-48H,1-6H3;/q-2;/i7D,11D,12D,24D,25D;. The number of rotatable bonds is 11. The predicted molar refractivity (Wildman–Crippen MR) is 332 cm³/mol. The van der Waals surface area contributed by atoms with Crippen molar-refractivity contribution in [2.24, 2.45) is 0 Å². The predicted octanol–water partition coefficient (Wildman–Crippen LogP) is 14.9. The van der Waals surface area contributed by atoms with E-state index >= 15 is 0 Å². The molecule has 398 valence electrons. The molecule has 0 spiro atoms. The molecule has 0 saturated heterocycles. The minimum Gasteiger partial charge on any atom is -0.510 e. The molecule has 0 aliphatic rings. The number of ether oxygens (including phenoxy) is 1. The van der Waals surface area contributed by atoms with Crippen LogP contribution in [-0.4, -0.2) is 22.2 Å². The van der Waals surface area contributed by atoms with Gasteiger partial charge in [0, 0.05) is 44.3 Å². The number of aromatic nitrogens is 4. The minimum absolute atomic E-state index is 0. The molecular formula is C74H60N4OPtSi-2. The zero-order chi connectivity index (χ0) is 58.9. The molecule has 0 aliphatic carbocycles. The van der Waals surface area contributed by atoms with E-state index in [9.17, 15) is 0 Å². The summed E-state index contributed by atoms with van der Waals surface area (Å²) in [6.45, 7) is 13.3. The van der Waals surface area contributed by atoms with E-state index in [0.717, 1.165) is 55.5 Å². The van der Waals surface area contributed by atoms with Crippen molar-refractivity contribution >= 4 is 61.7 Å². The van der Waals surface area contributed by atoms with Crippen LogP contribution in [0.1, 0.15) is 59.5 Å². The second-order valence-corrected chi connectivity index (χ2v) is 26.3. The molecule has 13 aromatic rings. The van der Waals surface area contributed by atoms with Crippen LogP contribution in [0, 0.1) is 18.5 Å². The molecule has 0 amide bonds. The van der Waals surface area contributed by atoms with Crippen molar-refractivity contribution < 1.29 is 37.2 Å². The number of imidazole rings is 1. The van der Waals surface area contributed by atoms with Gasteiger partial charge in [-0.25, -0.2) is 4.98 Å². The van der Waals surface area contributed by atoms with Crippen molar-refractivity contribution in [1.82, 2.24) is 14.1 Å². The van der Waals surface area contributed by atoms with Crippen LogP contribution < -0.4 is 30.1 Å². The third kappa shape index (κ3) is 9.67. The Morgan fingerprint density at radius 3 is 1.85 bits per heavy atom. The molecule has 10 aromatic carbocycles. The maximum Gasteiger partial charge on any atom is 0.268 e. The SMILES string of the molecule is [2H]c1c([2H])c([2H])c(-c2ccc3c(c2)n(-c2[c-]c(Oc4[c-]c5c(cc4)c4ccccc4n5-c4cc(C(C)(C)C)ccn4)ccc2)[c-][n+]3-c2c(-c3cccc([Si](c4ccccc4)(c4ccccc4)c4ccccc4)c3)cccc2C(C)(C)C)c([2H])c1[2H].[Pt]. The number of pyridine rings is 1. The van der Waals surface area contributed by atoms with Gasteiger partial charge >= 0.3 is 0 Å². The quantitative estimate of drug-likeness (QED) is 0.0560. The van der Waals surface area contributed by atoms with Gasteiger partial charge in [0.2, 0.25) is 0 Å². The van der Waals surface area contributed by atoms with Crippen LogP contribution in [0.15, 0.2) is 255 Å². The summed E-state index contributed by atoms with van der Waals surface area (Å²) in [6.07, 6.45) is 5.69. The molecular weight excluding hydrogens is 1180 g/mol. The Morgan fingerprint density at radius 1 is 0.519 bits per heavy atom. The van der Waals surface area contributed by atoms with E-state index < -0.39 is 26.2 Å². The Labute approximate surface area is 497 Å². The van der Waals surface area contributed by atoms with Gasteiger partial charge in [0.25, 0.3) is 6.33 Å². The van der Waals surface area contributed by atoms with Gasteiger partial charge in [-0.15, -0.1) is 29.7 Å². The van der Waals surface area contributed by atoms with Gasteiger partial charge in [-0.3, -0.25) is 4.57 Å². The fraction of sp³-hybridized carbons (Fsp3) is 0.108. The van der Waals surface area contributed by atoms with Gasteiger partial charge in [-0.2, -0.15) is 18.2 Å². The van der Waals surface area contributed by atoms with E-state index in [-0.39, 0.29) is 49.5 Å². The van der Waals surface area contributed by atoms with Gasteiger partial charge in [0.05, 0.1) is 23.6 Å². The van der Waals surface area contributed by atoms with E-state index in [1.165, 1.54) is 26.3 Å². The molecule has 0 saturated carbocycles. The van der Waals surface area contributed by atoms with Crippen LogP contribution in [0.5, 0.6) is 11.5 Å². The molecule has 0 aliphatic heterocycles. The maximum absolute atomic E-state index is 9.08. The Bertz CT molecular complexity index is 4600. The van der Waals surface area contributed by atoms with Crippen LogP contribution in [-0.2, 0) is 31.9 Å². The van der Waals surface area contributed by atoms with E-state index in [1.54, 1.807) is 0 Å². The summed E-state index contributed by atoms with van der Waals surface area (Å²) < 4.78 is 56.9. The van der Waals surface area contributed by atoms with Gasteiger partial charge in [-0.1, -0.05) is 241 Å². The van der Waals surface area contributed by atoms with Crippen LogP contribution in [0.3, 0.4) is 0 Å². The van der Waals surface area contributed by atoms with Crippen LogP contribution in [0.25, 0.3) is 72.3 Å². The first kappa shape index (κ1) is 47.2. The molecule has 81 heavy (non-hydrogen) atoms. The fourth-order valence-electron chi connectivity index (χ4n) is 11.5. The van der Waals surface area contributed by atoms with Crippen LogP contribution in [0.4, 0.5) is 0 Å². The average molecular weight is 1250 g/mol. The van der Waals surface area contributed by atoms with Gasteiger partial charge in [0.15, 0.2) is 8.07 Å². The molecule has 5 nitrogen and oxygen atoms in total. The molecule has 3 heterocycles. The van der Waals surface area contributed by atoms with Crippen molar-refractivity contribution in [2.75, 3.05) is 0 Å². The van der Waals surface area contributed by atoms with Crippen LogP contribution in [0.2, 0.25) is 0 Å².